The zero-order valence-electron chi connectivity index (χ0n) is 2.06. The normalized spacial score (nSPS) is 6.00. The zero-order chi connectivity index (χ0) is 3.58. The van der Waals surface area contributed by atoms with Gasteiger partial charge in [0.2, 0.25) is 0 Å². The number of carbonyl (C=O) groups is 1. The second-order valence-corrected chi connectivity index (χ2v) is 0.402. The maximum Gasteiger partial charge on any atom is 0.309 e. The van der Waals surface area contributed by atoms with Crippen molar-refractivity contribution < 1.29 is 4.79 Å². The van der Waals surface area contributed by atoms with Gasteiger partial charge in [-0.1, -0.05) is 0 Å². The van der Waals surface area contributed by atoms with Crippen LogP contribution in [0.2, 0.25) is 0 Å². The van der Waals surface area contributed by atoms with Crippen molar-refractivity contribution in [1.82, 2.24) is 0 Å². The van der Waals surface area contributed by atoms with E-state index in [9.17, 15) is 0 Å². The molecule has 0 aliphatic rings. The topological polar surface area (TPSA) is 69.1 Å². The molecule has 0 aliphatic heterocycles. The molecule has 0 unspecified atom stereocenters. The number of carbonyl (C=O) groups excluding carboxylic acids is 1. The highest BCUT2D eigenvalue weighted by molar-refractivity contribution is 5.69. The Hall–Kier alpha value is -0.730. The van der Waals surface area contributed by atoms with Crippen LogP contribution in [0.15, 0.2) is 0 Å². The molecule has 2 amide bonds. The lowest BCUT2D eigenvalue weighted by Gasteiger charge is -1.62. The van der Waals surface area contributed by atoms with E-state index in [0.29, 0.717) is 0 Å². The van der Waals surface area contributed by atoms with Gasteiger partial charge < -0.3 is 11.5 Å². The van der Waals surface area contributed by atoms with Gasteiger partial charge in [0.1, 0.15) is 0 Å². The maximum absolute atomic E-state index is 9.00. The molecule has 0 aliphatic carbocycles. The fourth-order valence-corrected chi connectivity index (χ4v) is 0. The van der Waals surface area contributed by atoms with E-state index in [2.05, 4.69) is 11.5 Å². The van der Waals surface area contributed by atoms with E-state index >= 15 is 0 Å². The van der Waals surface area contributed by atoms with Crippen LogP contribution in [-0.4, -0.2) is 6.03 Å². The van der Waals surface area contributed by atoms with Crippen molar-refractivity contribution in [1.29, 1.82) is 0 Å². The molecular weight excluding hydrogens is 59.0 g/mol. The van der Waals surface area contributed by atoms with Crippen molar-refractivity contribution in [2.45, 2.75) is 0 Å². The molecule has 0 heterocycles. The summed E-state index contributed by atoms with van der Waals surface area (Å²) >= 11 is 0. The first-order valence-electron chi connectivity index (χ1n) is 0.781. The second-order valence-electron chi connectivity index (χ2n) is 0.402. The quantitative estimate of drug-likeness (QED) is 0.275. The smallest absolute Gasteiger partial charge is 0.309 e. The van der Waals surface area contributed by atoms with Crippen molar-refractivity contribution in [2.75, 3.05) is 0 Å². The minimum absolute atomic E-state index is 0.833. The molecule has 3 heteroatoms. The Kier molecular flexibility index (Phi) is 0.581. The summed E-state index contributed by atoms with van der Waals surface area (Å²) in [6.45, 7) is 0. The van der Waals surface area contributed by atoms with E-state index in [4.69, 9.17) is 4.79 Å². The van der Waals surface area contributed by atoms with E-state index in [0.717, 1.165) is 0 Å². The summed E-state index contributed by atoms with van der Waals surface area (Å²) in [7, 11) is 0. The molecule has 24 valence electrons. The first kappa shape index (κ1) is 3.27. The molecular formula is CH4N2O. The van der Waals surface area contributed by atoms with Gasteiger partial charge in [-0.3, -0.25) is 0 Å². The third-order valence-corrected chi connectivity index (χ3v) is 0. The molecule has 0 aromatic carbocycles. The van der Waals surface area contributed by atoms with Crippen LogP contribution in [-0.2, 0) is 0 Å². The molecule has 0 rings (SSSR count). The van der Waals surface area contributed by atoms with Gasteiger partial charge in [0.05, 0.1) is 0 Å². The molecule has 4 N–H and O–H groups in total. The molecule has 0 aromatic heterocycles. The van der Waals surface area contributed by atoms with E-state index in [-0.39, 0.29) is 0 Å². The van der Waals surface area contributed by atoms with Gasteiger partial charge in [-0.15, -0.1) is 0 Å². The lowest BCUT2D eigenvalue weighted by molar-refractivity contribution is 0.256. The van der Waals surface area contributed by atoms with Crippen molar-refractivity contribution in [3.63, 3.8) is 0 Å². The first-order chi connectivity index (χ1) is 1.73. The Labute approximate surface area is 23.6 Å². The lowest BCUT2D eigenvalue weighted by atomic mass is 11.9. The molecule has 4 heavy (non-hydrogen) atoms. The number of hydrogen-bond donors (Lipinski definition) is 2. The largest absolute Gasteiger partial charge is 0.352 e. The van der Waals surface area contributed by atoms with Crippen LogP contribution in [0.3, 0.4) is 0 Å². The van der Waals surface area contributed by atoms with Crippen LogP contribution in [0, 0.1) is 0 Å². The van der Waals surface area contributed by atoms with Crippen LogP contribution < -0.4 is 11.5 Å². The Balaban J connectivity index is 2.80. The van der Waals surface area contributed by atoms with Gasteiger partial charge in [-0.2, -0.15) is 0 Å². The van der Waals surface area contributed by atoms with E-state index in [1.807, 2.05) is 0 Å². The van der Waals surface area contributed by atoms with Gasteiger partial charge in [0.15, 0.2) is 0 Å². The summed E-state index contributed by atoms with van der Waals surface area (Å²) in [4.78, 5) is 9.00. The Morgan fingerprint density at radius 1 is 1.50 bits per heavy atom. The van der Waals surface area contributed by atoms with Crippen molar-refractivity contribution >= 4 is 6.03 Å². The van der Waals surface area contributed by atoms with Crippen molar-refractivity contribution in [3.05, 3.63) is 0 Å². The maximum atomic E-state index is 9.00. The van der Waals surface area contributed by atoms with Crippen molar-refractivity contribution in [2.24, 2.45) is 11.5 Å². The highest BCUT2D eigenvalue weighted by atomic mass is 18.1. The predicted octanol–water partition coefficient (Wildman–Crippen LogP) is -0.976. The average Bonchev–Trinajstić information content (AvgIpc) is 0.811. The molecule has 3 nitrogen and oxygen atoms in total. The van der Waals surface area contributed by atoms with Gasteiger partial charge in [0, 0.05) is 0 Å². The summed E-state index contributed by atoms with van der Waals surface area (Å²) in [6.07, 6.45) is 0. The average molecular weight is 63.0 g/mol. The van der Waals surface area contributed by atoms with Gasteiger partial charge in [-0.25, -0.2) is 4.79 Å². The molecule has 0 spiro atoms. The van der Waals surface area contributed by atoms with Crippen LogP contribution in [0.4, 0.5) is 4.79 Å². The number of amides is 2. The summed E-state index contributed by atoms with van der Waals surface area (Å²) in [6, 6.07) is -0.833. The molecule has 0 saturated carbocycles. The van der Waals surface area contributed by atoms with Gasteiger partial charge in [-0.05, 0) is 0 Å². The number of rotatable bonds is 0. The fourth-order valence-electron chi connectivity index (χ4n) is 0. The first-order valence-corrected chi connectivity index (χ1v) is 0.781. The lowest BCUT2D eigenvalue weighted by Crippen LogP contribution is -2.18. The second kappa shape index (κ2) is 0.711. The Morgan fingerprint density at radius 3 is 1.50 bits per heavy atom. The molecule has 0 aromatic rings. The van der Waals surface area contributed by atoms with Crippen LogP contribution in [0.5, 0.6) is 0 Å². The third-order valence-electron chi connectivity index (χ3n) is 0. The summed E-state index contributed by atoms with van der Waals surface area (Å²) in [5.74, 6) is 0. The fraction of sp³-hybridized carbons (Fsp3) is 0. The van der Waals surface area contributed by atoms with E-state index in [1.54, 1.807) is 0 Å². The van der Waals surface area contributed by atoms with Crippen LogP contribution in [0.25, 0.3) is 0 Å². The Bertz CT molecular complexity index is 29.0. The highest BCUT2D eigenvalue weighted by Crippen LogP contribution is 1.25. The number of primary amides is 2. The minimum Gasteiger partial charge on any atom is -0.352 e. The van der Waals surface area contributed by atoms with Crippen molar-refractivity contribution in [3.8, 4) is 0 Å². The predicted molar refractivity (Wildman–Crippen MR) is 13.8 cm³/mol. The standard InChI is InChI=1S/CH4N2O/c2-1(3)4/h(H4,2,3,4)/i1+1,4+2. The summed E-state index contributed by atoms with van der Waals surface area (Å²) in [5.41, 5.74) is 8.50. The highest BCUT2D eigenvalue weighted by Gasteiger charge is 1.60. The molecule has 0 atom stereocenters. The third kappa shape index (κ3) is 0.174. The number of hydrogen-bond acceptors (Lipinski definition) is 1. The molecule has 0 bridgehead atoms. The summed E-state index contributed by atoms with van der Waals surface area (Å²) < 4.78 is 0. The molecule has 0 saturated heterocycles. The minimum atomic E-state index is -0.833. The SMILES string of the molecule is N[13C](N)=[18O]. The van der Waals surface area contributed by atoms with E-state index in [1.165, 1.54) is 0 Å². The Morgan fingerprint density at radius 2 is 1.50 bits per heavy atom. The van der Waals surface area contributed by atoms with Crippen LogP contribution >= 0.6 is 0 Å². The molecule has 0 radical (unpaired) electrons. The van der Waals surface area contributed by atoms with E-state index < -0.39 is 6.03 Å². The number of nitrogens with two attached hydrogens (primary N) is 2. The molecule has 0 fully saturated rings. The van der Waals surface area contributed by atoms with Gasteiger partial charge >= 0.3 is 6.03 Å². The van der Waals surface area contributed by atoms with Gasteiger partial charge in [0.25, 0.3) is 0 Å². The monoisotopic (exact) mass is 63.0 g/mol. The number of urea groups is 1. The van der Waals surface area contributed by atoms with Crippen LogP contribution in [0.1, 0.15) is 0 Å². The summed E-state index contributed by atoms with van der Waals surface area (Å²) in [5, 5.41) is 0. The zero-order valence-corrected chi connectivity index (χ0v) is 2.06.